The maximum Gasteiger partial charge on any atom is 0.359 e. The Morgan fingerprint density at radius 3 is 2.41 bits per heavy atom. The standard InChI is InChI=1S/C22H19F2N3O5/c1-14(21(29)25-20-16(23)8-5-9-17(20)24)32-22(30)18-10-11-19(28)27(26-18)12-13-31-15-6-3-2-4-7-15/h2-11,14H,12-13H2,1H3,(H,25,29). The average molecular weight is 443 g/mol. The van der Waals surface area contributed by atoms with Gasteiger partial charge in [0.25, 0.3) is 11.5 Å². The Morgan fingerprint density at radius 2 is 1.72 bits per heavy atom. The van der Waals surface area contributed by atoms with Crippen molar-refractivity contribution < 1.29 is 27.8 Å². The Balaban J connectivity index is 1.61. The van der Waals surface area contributed by atoms with Crippen LogP contribution < -0.4 is 15.6 Å². The number of esters is 1. The molecule has 0 saturated heterocycles. The summed E-state index contributed by atoms with van der Waals surface area (Å²) in [5.41, 5.74) is -1.33. The lowest BCUT2D eigenvalue weighted by Gasteiger charge is -2.14. The molecule has 0 spiro atoms. The summed E-state index contributed by atoms with van der Waals surface area (Å²) in [5, 5.41) is 5.97. The Morgan fingerprint density at radius 1 is 1.03 bits per heavy atom. The molecule has 0 aliphatic heterocycles. The molecule has 0 aliphatic carbocycles. The molecule has 1 heterocycles. The van der Waals surface area contributed by atoms with Gasteiger partial charge in [0.2, 0.25) is 0 Å². The van der Waals surface area contributed by atoms with E-state index >= 15 is 0 Å². The molecule has 0 fully saturated rings. The van der Waals surface area contributed by atoms with Crippen LogP contribution >= 0.6 is 0 Å². The van der Waals surface area contributed by atoms with Gasteiger partial charge in [-0.15, -0.1) is 0 Å². The summed E-state index contributed by atoms with van der Waals surface area (Å²) in [6.45, 7) is 1.43. The van der Waals surface area contributed by atoms with E-state index in [1.165, 1.54) is 6.92 Å². The van der Waals surface area contributed by atoms with Crippen molar-refractivity contribution in [2.75, 3.05) is 11.9 Å². The van der Waals surface area contributed by atoms with Gasteiger partial charge in [0.1, 0.15) is 29.7 Å². The van der Waals surface area contributed by atoms with Gasteiger partial charge in [0.05, 0.1) is 6.54 Å². The number of halogens is 2. The summed E-state index contributed by atoms with van der Waals surface area (Å²) < 4.78 is 38.9. The van der Waals surface area contributed by atoms with Gasteiger partial charge < -0.3 is 14.8 Å². The van der Waals surface area contributed by atoms with Gasteiger partial charge in [-0.3, -0.25) is 9.59 Å². The van der Waals surface area contributed by atoms with Gasteiger partial charge >= 0.3 is 5.97 Å². The summed E-state index contributed by atoms with van der Waals surface area (Å²) in [6, 6.07) is 14.3. The molecule has 0 saturated carbocycles. The zero-order valence-corrected chi connectivity index (χ0v) is 17.0. The summed E-state index contributed by atoms with van der Waals surface area (Å²) in [5.74, 6) is -3.25. The van der Waals surface area contributed by atoms with Crippen LogP contribution in [0.25, 0.3) is 0 Å². The first-order valence-electron chi connectivity index (χ1n) is 9.57. The number of hydrogen-bond acceptors (Lipinski definition) is 6. The molecule has 1 N–H and O–H groups in total. The number of rotatable bonds is 8. The maximum absolute atomic E-state index is 13.7. The topological polar surface area (TPSA) is 99.5 Å². The lowest BCUT2D eigenvalue weighted by Crippen LogP contribution is -2.32. The third-order valence-corrected chi connectivity index (χ3v) is 4.25. The van der Waals surface area contributed by atoms with Crippen molar-refractivity contribution >= 4 is 17.6 Å². The summed E-state index contributed by atoms with van der Waals surface area (Å²) in [7, 11) is 0. The van der Waals surface area contributed by atoms with Gasteiger partial charge in [-0.1, -0.05) is 24.3 Å². The van der Waals surface area contributed by atoms with Crippen molar-refractivity contribution in [3.05, 3.63) is 88.3 Å². The molecule has 1 amide bonds. The van der Waals surface area contributed by atoms with Crippen LogP contribution in [0.2, 0.25) is 0 Å². The van der Waals surface area contributed by atoms with Gasteiger partial charge in [-0.2, -0.15) is 5.10 Å². The first-order chi connectivity index (χ1) is 15.3. The van der Waals surface area contributed by atoms with Crippen LogP contribution in [0, 0.1) is 11.6 Å². The van der Waals surface area contributed by atoms with Gasteiger partial charge in [-0.25, -0.2) is 18.3 Å². The van der Waals surface area contributed by atoms with E-state index in [2.05, 4.69) is 5.10 Å². The third kappa shape index (κ3) is 5.75. The van der Waals surface area contributed by atoms with Crippen LogP contribution in [0.1, 0.15) is 17.4 Å². The number of ether oxygens (including phenoxy) is 2. The van der Waals surface area contributed by atoms with Crippen molar-refractivity contribution in [2.45, 2.75) is 19.6 Å². The molecule has 1 aromatic heterocycles. The molecule has 32 heavy (non-hydrogen) atoms. The largest absolute Gasteiger partial charge is 0.492 e. The van der Waals surface area contributed by atoms with E-state index in [1.807, 2.05) is 11.4 Å². The van der Waals surface area contributed by atoms with E-state index in [-0.39, 0.29) is 18.8 Å². The average Bonchev–Trinajstić information content (AvgIpc) is 2.78. The van der Waals surface area contributed by atoms with E-state index in [4.69, 9.17) is 9.47 Å². The van der Waals surface area contributed by atoms with Crippen LogP contribution in [0.15, 0.2) is 65.5 Å². The molecule has 1 atom stereocenters. The zero-order valence-electron chi connectivity index (χ0n) is 17.0. The number of anilines is 1. The van der Waals surface area contributed by atoms with Crippen molar-refractivity contribution in [3.63, 3.8) is 0 Å². The van der Waals surface area contributed by atoms with Gasteiger partial charge in [-0.05, 0) is 37.3 Å². The zero-order chi connectivity index (χ0) is 23.1. The number of nitrogens with zero attached hydrogens (tertiary/aromatic N) is 2. The minimum Gasteiger partial charge on any atom is -0.492 e. The summed E-state index contributed by atoms with van der Waals surface area (Å²) in [4.78, 5) is 36.5. The van der Waals surface area contributed by atoms with Gasteiger partial charge in [0, 0.05) is 6.07 Å². The summed E-state index contributed by atoms with van der Waals surface area (Å²) in [6.07, 6.45) is -1.38. The monoisotopic (exact) mass is 443 g/mol. The number of para-hydroxylation sites is 2. The minimum atomic E-state index is -1.38. The maximum atomic E-state index is 13.7. The molecule has 0 aliphatic rings. The molecule has 3 aromatic rings. The van der Waals surface area contributed by atoms with Crippen LogP contribution in [-0.4, -0.2) is 34.4 Å². The molecular weight excluding hydrogens is 424 g/mol. The van der Waals surface area contributed by atoms with Crippen LogP contribution in [0.5, 0.6) is 5.75 Å². The summed E-state index contributed by atoms with van der Waals surface area (Å²) >= 11 is 0. The van der Waals surface area contributed by atoms with Crippen LogP contribution in [0.3, 0.4) is 0 Å². The Bertz CT molecular complexity index is 1150. The Kier molecular flexibility index (Phi) is 7.27. The smallest absolute Gasteiger partial charge is 0.359 e. The van der Waals surface area contributed by atoms with Crippen molar-refractivity contribution in [1.29, 1.82) is 0 Å². The van der Waals surface area contributed by atoms with E-state index in [1.54, 1.807) is 24.3 Å². The molecule has 0 bridgehead atoms. The number of carbonyl (C=O) groups excluding carboxylic acids is 2. The highest BCUT2D eigenvalue weighted by Crippen LogP contribution is 2.18. The van der Waals surface area contributed by atoms with E-state index in [0.717, 1.165) is 35.0 Å². The molecule has 0 radical (unpaired) electrons. The molecule has 2 aromatic carbocycles. The van der Waals surface area contributed by atoms with Gasteiger partial charge in [0.15, 0.2) is 11.8 Å². The third-order valence-electron chi connectivity index (χ3n) is 4.25. The predicted octanol–water partition coefficient (Wildman–Crippen LogP) is 2.78. The van der Waals surface area contributed by atoms with Crippen molar-refractivity contribution in [3.8, 4) is 5.75 Å². The first-order valence-corrected chi connectivity index (χ1v) is 9.57. The number of benzene rings is 2. The second-order valence-corrected chi connectivity index (χ2v) is 6.57. The number of hydrogen-bond donors (Lipinski definition) is 1. The lowest BCUT2D eigenvalue weighted by atomic mass is 10.2. The SMILES string of the molecule is CC(OC(=O)c1ccc(=O)n(CCOc2ccccc2)n1)C(=O)Nc1c(F)cccc1F. The highest BCUT2D eigenvalue weighted by Gasteiger charge is 2.22. The quantitative estimate of drug-likeness (QED) is 0.538. The lowest BCUT2D eigenvalue weighted by molar-refractivity contribution is -0.123. The van der Waals surface area contributed by atoms with Crippen LogP contribution in [0.4, 0.5) is 14.5 Å². The highest BCUT2D eigenvalue weighted by atomic mass is 19.1. The fourth-order valence-electron chi connectivity index (χ4n) is 2.60. The Hall–Kier alpha value is -4.08. The van der Waals surface area contributed by atoms with E-state index in [0.29, 0.717) is 5.75 Å². The Labute approximate surface area is 181 Å². The highest BCUT2D eigenvalue weighted by molar-refractivity contribution is 5.96. The molecule has 10 heteroatoms. The van der Waals surface area contributed by atoms with E-state index in [9.17, 15) is 23.2 Å². The van der Waals surface area contributed by atoms with E-state index < -0.39 is 40.9 Å². The van der Waals surface area contributed by atoms with Crippen molar-refractivity contribution in [2.24, 2.45) is 0 Å². The second kappa shape index (κ2) is 10.3. The predicted molar refractivity (Wildman–Crippen MR) is 110 cm³/mol. The molecular formula is C22H19F2N3O5. The van der Waals surface area contributed by atoms with Crippen molar-refractivity contribution in [1.82, 2.24) is 9.78 Å². The minimum absolute atomic E-state index is 0.0669. The number of amides is 1. The van der Waals surface area contributed by atoms with Crippen LogP contribution in [-0.2, 0) is 16.1 Å². The second-order valence-electron chi connectivity index (χ2n) is 6.57. The number of nitrogens with one attached hydrogen (secondary N) is 1. The normalized spacial score (nSPS) is 11.5. The molecule has 3 rings (SSSR count). The fourth-order valence-corrected chi connectivity index (χ4v) is 2.60. The molecule has 166 valence electrons. The number of carbonyl (C=O) groups is 2. The molecule has 8 nitrogen and oxygen atoms in total. The fraction of sp³-hybridized carbons (Fsp3) is 0.182. The number of aromatic nitrogens is 2. The first kappa shape index (κ1) is 22.6. The molecule has 1 unspecified atom stereocenters.